The summed E-state index contributed by atoms with van der Waals surface area (Å²) in [5.74, 6) is 67.3. The molecule has 32 saturated carbocycles. The molecule has 1 aliphatic heterocycles. The molecule has 0 N–H and O–H groups in total. The summed E-state index contributed by atoms with van der Waals surface area (Å²) >= 11 is 0. The maximum Gasteiger partial charge on any atom is 0.337 e. The molecule has 1 saturated heterocycles. The number of methoxy groups -OCH3 is 1. The summed E-state index contributed by atoms with van der Waals surface area (Å²) in [7, 11) is 1.67. The van der Waals surface area contributed by atoms with Gasteiger partial charge in [-0.1, -0.05) is 12.1 Å². The van der Waals surface area contributed by atoms with Crippen LogP contribution in [0.1, 0.15) is 15.9 Å². The average Bonchev–Trinajstić information content (AvgIpc) is 1.69. The summed E-state index contributed by atoms with van der Waals surface area (Å²) in [6.07, 6.45) is 1.39. The number of ether oxygens (including phenoxy) is 2. The maximum atomic E-state index is 13.9. The van der Waals surface area contributed by atoms with Crippen molar-refractivity contribution < 1.29 is 14.3 Å². The second kappa shape index (κ2) is 9.38. The first-order valence-corrected chi connectivity index (χ1v) is 35.8. The number of rotatable bonds is 4. The zero-order chi connectivity index (χ0) is 46.6. The Morgan fingerprint density at radius 2 is 0.662 bits per heavy atom. The molecule has 4 heteroatoms. The quantitative estimate of drug-likeness (QED) is 0.286. The van der Waals surface area contributed by atoms with Gasteiger partial charge in [0, 0.05) is 18.6 Å². The number of hydrogen-bond donors (Lipinski definition) is 0. The predicted molar refractivity (Wildman–Crippen MR) is 271 cm³/mol. The van der Waals surface area contributed by atoms with Crippen LogP contribution in [0.25, 0.3) is 0 Å². The minimum Gasteiger partial charge on any atom is -0.465 e. The number of esters is 1. The van der Waals surface area contributed by atoms with Gasteiger partial charge in [-0.2, -0.15) is 0 Å². The minimum absolute atomic E-state index is 0.0691. The molecule has 0 aromatic heterocycles. The van der Waals surface area contributed by atoms with Gasteiger partial charge in [0.05, 0.1) is 25.9 Å². The van der Waals surface area contributed by atoms with Gasteiger partial charge in [0.2, 0.25) is 0 Å². The van der Waals surface area contributed by atoms with E-state index in [-0.39, 0.29) is 5.97 Å². The van der Waals surface area contributed by atoms with Crippen LogP contribution in [0.15, 0.2) is 24.3 Å². The Morgan fingerprint density at radius 1 is 0.390 bits per heavy atom. The third kappa shape index (κ3) is 2.39. The van der Waals surface area contributed by atoms with E-state index in [1.165, 1.54) is 227 Å². The van der Waals surface area contributed by atoms with Gasteiger partial charge in [0.25, 0.3) is 0 Å². The molecule has 4 nitrogen and oxygen atoms in total. The Bertz CT molecular complexity index is 3370. The second-order valence-corrected chi connectivity index (χ2v) is 39.1. The van der Waals surface area contributed by atoms with Crippen LogP contribution in [0, 0.1) is 349 Å². The Morgan fingerprint density at radius 3 is 1.04 bits per heavy atom. The van der Waals surface area contributed by atoms with Crippen LogP contribution in [0.4, 0.5) is 0 Å². The maximum absolute atomic E-state index is 13.9. The van der Waals surface area contributed by atoms with E-state index in [4.69, 9.17) is 9.47 Å². The van der Waals surface area contributed by atoms with Gasteiger partial charge in [0.15, 0.2) is 0 Å². The lowest BCUT2D eigenvalue weighted by atomic mass is 9.33. The Labute approximate surface area is 452 Å². The van der Waals surface area contributed by atoms with Crippen molar-refractivity contribution in [3.05, 3.63) is 35.4 Å². The van der Waals surface area contributed by atoms with Crippen LogP contribution in [-0.4, -0.2) is 49.8 Å². The van der Waals surface area contributed by atoms with Gasteiger partial charge < -0.3 is 9.47 Å². The molecule has 0 bridgehead atoms. The molecule has 1 heterocycles. The van der Waals surface area contributed by atoms with Crippen LogP contribution >= 0.6 is 0 Å². The van der Waals surface area contributed by atoms with Gasteiger partial charge in [-0.15, -0.1) is 0 Å². The normalized spacial score (nSPS) is 90.0. The molecular formula is C73H75NO3. The van der Waals surface area contributed by atoms with Crippen LogP contribution in [0.5, 0.6) is 0 Å². The van der Waals surface area contributed by atoms with E-state index in [2.05, 4.69) is 29.2 Å². The molecule has 390 valence electrons. The van der Waals surface area contributed by atoms with Crippen LogP contribution in [0.3, 0.4) is 0 Å². The van der Waals surface area contributed by atoms with E-state index in [1.807, 2.05) is 0 Å². The molecule has 32 aliphatic carbocycles. The fourth-order valence-electron chi connectivity index (χ4n) is 49.7. The molecular weight excluding hydrogens is 939 g/mol. The van der Waals surface area contributed by atoms with E-state index in [0.29, 0.717) is 11.0 Å². The first-order chi connectivity index (χ1) is 38.3. The van der Waals surface area contributed by atoms with Crippen molar-refractivity contribution >= 4 is 5.97 Å². The summed E-state index contributed by atoms with van der Waals surface area (Å²) in [6.45, 7) is 4.71. The lowest BCUT2D eigenvalue weighted by Crippen LogP contribution is -2.78. The molecule has 33 fully saturated rings. The van der Waals surface area contributed by atoms with Crippen molar-refractivity contribution in [3.63, 3.8) is 0 Å². The summed E-state index contributed by atoms with van der Waals surface area (Å²) < 4.78 is 12.5. The van der Waals surface area contributed by atoms with E-state index < -0.39 is 0 Å². The number of hydrogen-bond acceptors (Lipinski definition) is 4. The molecule has 0 radical (unpaired) electrons. The van der Waals surface area contributed by atoms with Crippen LogP contribution in [0.2, 0.25) is 0 Å². The van der Waals surface area contributed by atoms with Gasteiger partial charge in [-0.25, -0.2) is 4.79 Å². The number of carbonyl (C=O) groups excluding carboxylic acids is 1. The highest BCUT2D eigenvalue weighted by Gasteiger charge is 3.05. The molecule has 60 atom stereocenters. The van der Waals surface area contributed by atoms with Gasteiger partial charge in [-0.05, 0) is 373 Å². The highest BCUT2D eigenvalue weighted by atomic mass is 16.5. The van der Waals surface area contributed by atoms with Crippen LogP contribution in [-0.2, 0) is 15.9 Å². The predicted octanol–water partition coefficient (Wildman–Crippen LogP) is 8.23. The second-order valence-electron chi connectivity index (χ2n) is 39.1. The van der Waals surface area contributed by atoms with E-state index in [1.54, 1.807) is 12.7 Å². The van der Waals surface area contributed by atoms with Gasteiger partial charge in [0.1, 0.15) is 0 Å². The highest BCUT2D eigenvalue weighted by Crippen LogP contribution is 3.07. The highest BCUT2D eigenvalue weighted by molar-refractivity contribution is 5.89. The van der Waals surface area contributed by atoms with Crippen molar-refractivity contribution in [3.8, 4) is 0 Å². The summed E-state index contributed by atoms with van der Waals surface area (Å²) in [5, 5.41) is 0. The smallest absolute Gasteiger partial charge is 0.337 e. The molecule has 33 aliphatic rings. The van der Waals surface area contributed by atoms with Crippen molar-refractivity contribution in [1.29, 1.82) is 0 Å². The standard InChI is InChI=1S/C73H75NO3/c1-76-71(75)12-4-2-3-11(9-12)10-72-65-57-48-41-28-21-15-16-18-14-13-17(15)26(28)32-30-19(13)23-20(14)31-33-27(18)29-22(16)25-24(21)35-43-36(25)45-42(29)49-47(33)51-38(31)40-34(23)39-37(30)50(46(32)48)61(65)63-52(39)53(40)64-62(51)66-58(49)55(45)60-56(43)59(54(57)44(35)41)67(72)69(60)73(66,70(64)68(63)72)74-5-7-77-8-6-74/h2-4,9,13-70H,5-8,10H2,1H3. The Balaban J connectivity index is 0.822. The SMILES string of the molecule is COC(=O)c1cccc(CC23C4C5C6C7C8C9C%10C%11C%12C%13C%14C%10C%10C%15C9C9C7C5C5C7C9C%15C9C%15C%10C%14C%10C%14C%13C%13C%12C%12C(C%118)C6C6C%12C8C%13C%11C%14C%12C%10C%15C%10C9C7C(C52)C2(N5CCOCC5)C%10C%12C5C%11C8C(C64)C3C52)c1. The first kappa shape index (κ1) is 36.3. The number of morpholine rings is 1. The van der Waals surface area contributed by atoms with Crippen molar-refractivity contribution in [2.24, 2.45) is 349 Å². The summed E-state index contributed by atoms with van der Waals surface area (Å²) in [6, 6.07) is 9.74. The Kier molecular flexibility index (Phi) is 4.43. The topological polar surface area (TPSA) is 38.8 Å². The summed E-state index contributed by atoms with van der Waals surface area (Å²) in [4.78, 5) is 17.6. The lowest BCUT2D eigenvalue weighted by Gasteiger charge is -2.74. The fourth-order valence-corrected chi connectivity index (χ4v) is 49.7. The molecule has 1 aromatic rings. The average molecular weight is 1010 g/mol. The molecule has 1 aromatic carbocycles. The molecule has 0 amide bonds. The number of nitrogens with zero attached hydrogens (tertiary/aromatic N) is 1. The fraction of sp³-hybridized carbons (Fsp3) is 0.904. The Hall–Kier alpha value is -1.39. The molecule has 34 rings (SSSR count). The van der Waals surface area contributed by atoms with Crippen molar-refractivity contribution in [2.75, 3.05) is 33.4 Å². The monoisotopic (exact) mass is 1010 g/mol. The molecule has 0 spiro atoms. The third-order valence-corrected chi connectivity index (χ3v) is 43.9. The minimum atomic E-state index is -0.0691. The van der Waals surface area contributed by atoms with Crippen molar-refractivity contribution in [2.45, 2.75) is 12.0 Å². The van der Waals surface area contributed by atoms with Gasteiger partial charge >= 0.3 is 5.97 Å². The number of benzene rings is 1. The van der Waals surface area contributed by atoms with Crippen molar-refractivity contribution in [1.82, 2.24) is 4.90 Å². The van der Waals surface area contributed by atoms with Gasteiger partial charge in [-0.3, -0.25) is 4.90 Å². The largest absolute Gasteiger partial charge is 0.465 e. The zero-order valence-electron chi connectivity index (χ0n) is 44.5. The first-order valence-electron chi connectivity index (χ1n) is 35.8. The summed E-state index contributed by atoms with van der Waals surface area (Å²) in [5.41, 5.74) is 3.45. The molecule has 77 heavy (non-hydrogen) atoms. The van der Waals surface area contributed by atoms with E-state index >= 15 is 0 Å². The molecule has 60 unspecified atom stereocenters. The van der Waals surface area contributed by atoms with E-state index in [0.717, 1.165) is 155 Å². The zero-order valence-corrected chi connectivity index (χ0v) is 44.5. The third-order valence-electron chi connectivity index (χ3n) is 43.9. The van der Waals surface area contributed by atoms with E-state index in [9.17, 15) is 4.79 Å². The van der Waals surface area contributed by atoms with Crippen LogP contribution < -0.4 is 0 Å². The number of carbonyl (C=O) groups is 1. The lowest BCUT2D eigenvalue weighted by molar-refractivity contribution is -0.267.